The summed E-state index contributed by atoms with van der Waals surface area (Å²) in [6, 6.07) is 0. The van der Waals surface area contributed by atoms with Crippen molar-refractivity contribution in [1.29, 1.82) is 0 Å². The van der Waals surface area contributed by atoms with Crippen LogP contribution in [0.4, 0.5) is 0 Å². The molecule has 0 aromatic carbocycles. The third-order valence-corrected chi connectivity index (χ3v) is 2.10. The van der Waals surface area contributed by atoms with E-state index in [-0.39, 0.29) is 0 Å². The number of rotatable bonds is 9. The van der Waals surface area contributed by atoms with Gasteiger partial charge in [-0.05, 0) is 18.8 Å². The molecule has 13 heavy (non-hydrogen) atoms. The Kier molecular flexibility index (Phi) is 9.10. The first-order chi connectivity index (χ1) is 6.35. The van der Waals surface area contributed by atoms with E-state index in [9.17, 15) is 4.79 Å². The molecule has 0 aliphatic rings. The maximum Gasteiger partial charge on any atom is 0.293 e. The molecule has 1 unspecified atom stereocenters. The molecule has 78 valence electrons. The summed E-state index contributed by atoms with van der Waals surface area (Å²) in [6.07, 6.45) is 4.47. The average Bonchev–Trinajstić information content (AvgIpc) is 2.17. The molecule has 0 heterocycles. The lowest BCUT2D eigenvalue weighted by molar-refractivity contribution is -0.130. The molecule has 0 aromatic heterocycles. The van der Waals surface area contributed by atoms with Crippen molar-refractivity contribution in [3.8, 4) is 0 Å². The van der Waals surface area contributed by atoms with Gasteiger partial charge in [-0.2, -0.15) is 0 Å². The molecule has 0 spiro atoms. The standard InChI is InChI=1S/C10H20O3/c1-3-4-5-10(6-7-12-2)8-13-9-11/h9-10H,3-8H2,1-2H3. The van der Waals surface area contributed by atoms with E-state index in [1.807, 2.05) is 0 Å². The van der Waals surface area contributed by atoms with Crippen LogP contribution in [0.15, 0.2) is 0 Å². The molecule has 0 saturated carbocycles. The van der Waals surface area contributed by atoms with Crippen molar-refractivity contribution in [2.75, 3.05) is 20.3 Å². The van der Waals surface area contributed by atoms with Crippen molar-refractivity contribution in [2.24, 2.45) is 5.92 Å². The van der Waals surface area contributed by atoms with Gasteiger partial charge in [0.15, 0.2) is 0 Å². The van der Waals surface area contributed by atoms with Crippen molar-refractivity contribution in [3.05, 3.63) is 0 Å². The number of hydrogen-bond acceptors (Lipinski definition) is 3. The molecular weight excluding hydrogens is 168 g/mol. The fraction of sp³-hybridized carbons (Fsp3) is 0.900. The van der Waals surface area contributed by atoms with Crippen molar-refractivity contribution in [2.45, 2.75) is 32.6 Å². The van der Waals surface area contributed by atoms with Crippen LogP contribution in [0.3, 0.4) is 0 Å². The lowest BCUT2D eigenvalue weighted by Gasteiger charge is -2.14. The maximum absolute atomic E-state index is 10.0. The van der Waals surface area contributed by atoms with Gasteiger partial charge < -0.3 is 9.47 Å². The van der Waals surface area contributed by atoms with Gasteiger partial charge in [0.25, 0.3) is 6.47 Å². The molecule has 0 N–H and O–H groups in total. The van der Waals surface area contributed by atoms with Gasteiger partial charge >= 0.3 is 0 Å². The van der Waals surface area contributed by atoms with Crippen LogP contribution in [0.5, 0.6) is 0 Å². The first kappa shape index (κ1) is 12.4. The zero-order valence-electron chi connectivity index (χ0n) is 8.62. The highest BCUT2D eigenvalue weighted by molar-refractivity contribution is 5.36. The maximum atomic E-state index is 10.0. The summed E-state index contributed by atoms with van der Waals surface area (Å²) in [7, 11) is 1.69. The van der Waals surface area contributed by atoms with Gasteiger partial charge in [-0.25, -0.2) is 0 Å². The number of unbranched alkanes of at least 4 members (excludes halogenated alkanes) is 1. The minimum absolute atomic E-state index is 0.463. The smallest absolute Gasteiger partial charge is 0.293 e. The van der Waals surface area contributed by atoms with Crippen LogP contribution < -0.4 is 0 Å². The van der Waals surface area contributed by atoms with Crippen molar-refractivity contribution in [1.82, 2.24) is 0 Å². The molecule has 0 saturated heterocycles. The molecule has 0 aliphatic heterocycles. The van der Waals surface area contributed by atoms with Crippen LogP contribution in [-0.2, 0) is 14.3 Å². The van der Waals surface area contributed by atoms with E-state index in [0.29, 0.717) is 19.0 Å². The Balaban J connectivity index is 3.52. The summed E-state index contributed by atoms with van der Waals surface area (Å²) in [4.78, 5) is 10.0. The van der Waals surface area contributed by atoms with Gasteiger partial charge in [0.2, 0.25) is 0 Å². The van der Waals surface area contributed by atoms with E-state index < -0.39 is 0 Å². The van der Waals surface area contributed by atoms with Crippen LogP contribution in [0.25, 0.3) is 0 Å². The first-order valence-corrected chi connectivity index (χ1v) is 4.89. The minimum atomic E-state index is 0.463. The Morgan fingerprint density at radius 1 is 1.38 bits per heavy atom. The monoisotopic (exact) mass is 188 g/mol. The van der Waals surface area contributed by atoms with E-state index in [2.05, 4.69) is 6.92 Å². The zero-order chi connectivity index (χ0) is 9.94. The fourth-order valence-corrected chi connectivity index (χ4v) is 1.26. The van der Waals surface area contributed by atoms with E-state index in [1.165, 1.54) is 12.8 Å². The zero-order valence-corrected chi connectivity index (χ0v) is 8.62. The van der Waals surface area contributed by atoms with Gasteiger partial charge in [-0.1, -0.05) is 19.8 Å². The second-order valence-corrected chi connectivity index (χ2v) is 3.22. The van der Waals surface area contributed by atoms with Gasteiger partial charge in [0.1, 0.15) is 0 Å². The SMILES string of the molecule is CCCCC(CCOC)COC=O. The van der Waals surface area contributed by atoms with E-state index in [4.69, 9.17) is 9.47 Å². The van der Waals surface area contributed by atoms with Crippen LogP contribution in [0.1, 0.15) is 32.6 Å². The van der Waals surface area contributed by atoms with Crippen LogP contribution in [0, 0.1) is 5.92 Å². The quantitative estimate of drug-likeness (QED) is 0.519. The third-order valence-electron chi connectivity index (χ3n) is 2.10. The summed E-state index contributed by atoms with van der Waals surface area (Å²) >= 11 is 0. The lowest BCUT2D eigenvalue weighted by Crippen LogP contribution is -2.11. The second-order valence-electron chi connectivity index (χ2n) is 3.22. The van der Waals surface area contributed by atoms with Gasteiger partial charge in [-0.15, -0.1) is 0 Å². The van der Waals surface area contributed by atoms with E-state index >= 15 is 0 Å². The molecule has 1 atom stereocenters. The first-order valence-electron chi connectivity index (χ1n) is 4.89. The molecule has 0 amide bonds. The molecule has 0 aliphatic carbocycles. The summed E-state index contributed by atoms with van der Waals surface area (Å²) in [6.45, 7) is 3.96. The van der Waals surface area contributed by atoms with Crippen LogP contribution in [-0.4, -0.2) is 26.8 Å². The highest BCUT2D eigenvalue weighted by Gasteiger charge is 2.08. The van der Waals surface area contributed by atoms with Gasteiger partial charge in [0, 0.05) is 13.7 Å². The predicted molar refractivity (Wildman–Crippen MR) is 51.5 cm³/mol. The normalized spacial score (nSPS) is 12.5. The molecular formula is C10H20O3. The number of methoxy groups -OCH3 is 1. The largest absolute Gasteiger partial charge is 0.468 e. The number of hydrogen-bond donors (Lipinski definition) is 0. The van der Waals surface area contributed by atoms with E-state index in [0.717, 1.165) is 19.4 Å². The number of ether oxygens (including phenoxy) is 2. The highest BCUT2D eigenvalue weighted by atomic mass is 16.5. The predicted octanol–water partition coefficient (Wildman–Crippen LogP) is 2.00. The topological polar surface area (TPSA) is 35.5 Å². The fourth-order valence-electron chi connectivity index (χ4n) is 1.26. The molecule has 3 heteroatoms. The molecule has 0 rings (SSSR count). The minimum Gasteiger partial charge on any atom is -0.468 e. The Morgan fingerprint density at radius 3 is 2.69 bits per heavy atom. The average molecular weight is 188 g/mol. The van der Waals surface area contributed by atoms with Crippen molar-refractivity contribution >= 4 is 6.47 Å². The molecule has 0 bridgehead atoms. The Morgan fingerprint density at radius 2 is 2.15 bits per heavy atom. The van der Waals surface area contributed by atoms with Gasteiger partial charge in [0.05, 0.1) is 6.61 Å². The molecule has 0 radical (unpaired) electrons. The molecule has 3 nitrogen and oxygen atoms in total. The summed E-state index contributed by atoms with van der Waals surface area (Å²) in [5.74, 6) is 0.463. The van der Waals surface area contributed by atoms with Crippen LogP contribution in [0.2, 0.25) is 0 Å². The van der Waals surface area contributed by atoms with E-state index in [1.54, 1.807) is 7.11 Å². The van der Waals surface area contributed by atoms with Gasteiger partial charge in [-0.3, -0.25) is 4.79 Å². The number of carbonyl (C=O) groups is 1. The Hall–Kier alpha value is -0.570. The second kappa shape index (κ2) is 9.52. The van der Waals surface area contributed by atoms with Crippen molar-refractivity contribution < 1.29 is 14.3 Å². The summed E-state index contributed by atoms with van der Waals surface area (Å²) in [5, 5.41) is 0. The van der Waals surface area contributed by atoms with Crippen molar-refractivity contribution in [3.63, 3.8) is 0 Å². The Labute approximate surface area is 80.4 Å². The highest BCUT2D eigenvalue weighted by Crippen LogP contribution is 2.12. The molecule has 0 aromatic rings. The Bertz CT molecular complexity index is 107. The third kappa shape index (κ3) is 7.78. The summed E-state index contributed by atoms with van der Waals surface area (Å²) < 4.78 is 9.74. The summed E-state index contributed by atoms with van der Waals surface area (Å²) in [5.41, 5.74) is 0. The van der Waals surface area contributed by atoms with Crippen LogP contribution >= 0.6 is 0 Å². The lowest BCUT2D eigenvalue weighted by atomic mass is 10.00. The number of carbonyl (C=O) groups excluding carboxylic acids is 1. The molecule has 0 fully saturated rings.